The summed E-state index contributed by atoms with van der Waals surface area (Å²) in [6, 6.07) is 5.12. The van der Waals surface area contributed by atoms with E-state index in [9.17, 15) is 8.78 Å². The third-order valence-electron chi connectivity index (χ3n) is 3.48. The van der Waals surface area contributed by atoms with Gasteiger partial charge in [0.15, 0.2) is 11.5 Å². The van der Waals surface area contributed by atoms with E-state index in [1.807, 2.05) is 0 Å². The van der Waals surface area contributed by atoms with Crippen LogP contribution in [0.2, 0.25) is 0 Å². The van der Waals surface area contributed by atoms with Crippen molar-refractivity contribution in [3.05, 3.63) is 23.8 Å². The van der Waals surface area contributed by atoms with Gasteiger partial charge in [-0.1, -0.05) is 12.1 Å². The molecule has 0 aliphatic carbocycles. The highest BCUT2D eigenvalue weighted by atomic mass is 19.3. The summed E-state index contributed by atoms with van der Waals surface area (Å²) in [5.74, 6) is 0.407. The minimum absolute atomic E-state index is 0.0941. The molecule has 7 heteroatoms. The second-order valence-electron chi connectivity index (χ2n) is 4.95. The summed E-state index contributed by atoms with van der Waals surface area (Å²) in [6.07, 6.45) is 0. The molecule has 1 heterocycles. The number of halogens is 2. The van der Waals surface area contributed by atoms with E-state index in [1.165, 1.54) is 7.11 Å². The summed E-state index contributed by atoms with van der Waals surface area (Å²) < 4.78 is 34.8. The molecule has 0 atom stereocenters. The number of para-hydroxylation sites is 1. The van der Waals surface area contributed by atoms with Crippen molar-refractivity contribution < 1.29 is 18.3 Å². The molecule has 0 radical (unpaired) electrons. The van der Waals surface area contributed by atoms with Gasteiger partial charge in [0.1, 0.15) is 0 Å². The minimum Gasteiger partial charge on any atom is -0.493 e. The molecule has 1 aliphatic rings. The van der Waals surface area contributed by atoms with Gasteiger partial charge in [0.25, 0.3) is 0 Å². The van der Waals surface area contributed by atoms with Crippen LogP contribution in [0.25, 0.3) is 0 Å². The van der Waals surface area contributed by atoms with Gasteiger partial charge in [0.2, 0.25) is 0 Å². The second-order valence-corrected chi connectivity index (χ2v) is 4.95. The molecule has 1 aromatic carbocycles. The molecule has 1 saturated heterocycles. The SMILES string of the molecule is COc1cccc(CNN2CCN(C)CC2)c1OC(F)F. The Morgan fingerprint density at radius 3 is 2.57 bits per heavy atom. The Morgan fingerprint density at radius 1 is 1.24 bits per heavy atom. The average Bonchev–Trinajstić information content (AvgIpc) is 2.47. The third-order valence-corrected chi connectivity index (χ3v) is 3.48. The molecular weight excluding hydrogens is 280 g/mol. The Kier molecular flexibility index (Phi) is 5.72. The lowest BCUT2D eigenvalue weighted by Crippen LogP contribution is -2.50. The van der Waals surface area contributed by atoms with E-state index >= 15 is 0 Å². The molecule has 2 rings (SSSR count). The van der Waals surface area contributed by atoms with Crippen LogP contribution in [0, 0.1) is 0 Å². The van der Waals surface area contributed by atoms with E-state index in [2.05, 4.69) is 27.1 Å². The van der Waals surface area contributed by atoms with Gasteiger partial charge in [-0.15, -0.1) is 0 Å². The van der Waals surface area contributed by atoms with E-state index < -0.39 is 6.61 Å². The van der Waals surface area contributed by atoms with Crippen molar-refractivity contribution in [1.29, 1.82) is 0 Å². The lowest BCUT2D eigenvalue weighted by atomic mass is 10.2. The van der Waals surface area contributed by atoms with Crippen LogP contribution in [0.15, 0.2) is 18.2 Å². The largest absolute Gasteiger partial charge is 0.493 e. The average molecular weight is 301 g/mol. The molecular formula is C14H21F2N3O2. The fourth-order valence-corrected chi connectivity index (χ4v) is 2.25. The molecule has 0 spiro atoms. The van der Waals surface area contributed by atoms with Gasteiger partial charge >= 0.3 is 6.61 Å². The maximum atomic E-state index is 12.5. The molecule has 0 saturated carbocycles. The summed E-state index contributed by atoms with van der Waals surface area (Å²) in [6.45, 7) is 1.29. The van der Waals surface area contributed by atoms with Crippen LogP contribution in [0.5, 0.6) is 11.5 Å². The predicted molar refractivity (Wildman–Crippen MR) is 75.5 cm³/mol. The molecule has 1 N–H and O–H groups in total. The Morgan fingerprint density at radius 2 is 1.95 bits per heavy atom. The van der Waals surface area contributed by atoms with Gasteiger partial charge in [-0.25, -0.2) is 5.01 Å². The van der Waals surface area contributed by atoms with Crippen molar-refractivity contribution in [2.75, 3.05) is 40.3 Å². The van der Waals surface area contributed by atoms with Gasteiger partial charge in [-0.05, 0) is 13.1 Å². The van der Waals surface area contributed by atoms with Crippen LogP contribution < -0.4 is 14.9 Å². The first-order valence-corrected chi connectivity index (χ1v) is 6.88. The Bertz CT molecular complexity index is 452. The lowest BCUT2D eigenvalue weighted by Gasteiger charge is -2.32. The van der Waals surface area contributed by atoms with E-state index in [-0.39, 0.29) is 5.75 Å². The van der Waals surface area contributed by atoms with E-state index in [1.54, 1.807) is 18.2 Å². The number of nitrogens with one attached hydrogen (secondary N) is 1. The van der Waals surface area contributed by atoms with Crippen molar-refractivity contribution in [2.45, 2.75) is 13.2 Å². The Hall–Kier alpha value is -1.44. The Balaban J connectivity index is 2.01. The smallest absolute Gasteiger partial charge is 0.387 e. The second kappa shape index (κ2) is 7.53. The van der Waals surface area contributed by atoms with Gasteiger partial charge in [0, 0.05) is 38.3 Å². The van der Waals surface area contributed by atoms with Crippen molar-refractivity contribution in [3.8, 4) is 11.5 Å². The zero-order valence-electron chi connectivity index (χ0n) is 12.3. The third kappa shape index (κ3) is 4.52. The quantitative estimate of drug-likeness (QED) is 0.863. The highest BCUT2D eigenvalue weighted by Crippen LogP contribution is 2.32. The first-order valence-electron chi connectivity index (χ1n) is 6.88. The van der Waals surface area contributed by atoms with Crippen molar-refractivity contribution in [3.63, 3.8) is 0 Å². The molecule has 0 aromatic heterocycles. The number of hydrogen-bond acceptors (Lipinski definition) is 5. The predicted octanol–water partition coefficient (Wildman–Crippen LogP) is 1.55. The number of rotatable bonds is 6. The molecule has 0 unspecified atom stereocenters. The summed E-state index contributed by atoms with van der Waals surface area (Å²) in [7, 11) is 3.51. The van der Waals surface area contributed by atoms with Crippen LogP contribution in [-0.4, -0.2) is 56.9 Å². The minimum atomic E-state index is -2.87. The fraction of sp³-hybridized carbons (Fsp3) is 0.571. The summed E-state index contributed by atoms with van der Waals surface area (Å²) >= 11 is 0. The number of benzene rings is 1. The first-order chi connectivity index (χ1) is 10.1. The van der Waals surface area contributed by atoms with Crippen LogP contribution in [0.3, 0.4) is 0 Å². The van der Waals surface area contributed by atoms with Crippen LogP contribution >= 0.6 is 0 Å². The maximum Gasteiger partial charge on any atom is 0.387 e. The summed E-state index contributed by atoms with van der Waals surface area (Å²) in [4.78, 5) is 2.25. The van der Waals surface area contributed by atoms with Gasteiger partial charge in [0.05, 0.1) is 7.11 Å². The number of ether oxygens (including phenoxy) is 2. The molecule has 118 valence electrons. The summed E-state index contributed by atoms with van der Waals surface area (Å²) in [5.41, 5.74) is 3.90. The number of alkyl halides is 2. The Labute approximate surface area is 123 Å². The van der Waals surface area contributed by atoms with E-state index in [4.69, 9.17) is 4.74 Å². The monoisotopic (exact) mass is 301 g/mol. The van der Waals surface area contributed by atoms with Crippen LogP contribution in [0.1, 0.15) is 5.56 Å². The van der Waals surface area contributed by atoms with Crippen LogP contribution in [-0.2, 0) is 6.54 Å². The number of hydrazine groups is 1. The standard InChI is InChI=1S/C14H21F2N3O2/c1-18-6-8-19(9-7-18)17-10-11-4-3-5-12(20-2)13(11)21-14(15)16/h3-5,14,17H,6-10H2,1-2H3. The first kappa shape index (κ1) is 15.9. The van der Waals surface area contributed by atoms with Gasteiger partial charge in [-0.2, -0.15) is 8.78 Å². The zero-order valence-corrected chi connectivity index (χ0v) is 12.3. The van der Waals surface area contributed by atoms with Gasteiger partial charge in [-0.3, -0.25) is 5.43 Å². The highest BCUT2D eigenvalue weighted by Gasteiger charge is 2.17. The maximum absolute atomic E-state index is 12.5. The number of likely N-dealkylation sites (N-methyl/N-ethyl adjacent to an activating group) is 1. The molecule has 0 bridgehead atoms. The summed E-state index contributed by atoms with van der Waals surface area (Å²) in [5, 5.41) is 2.09. The molecule has 1 aliphatic heterocycles. The van der Waals surface area contributed by atoms with E-state index in [0.717, 1.165) is 26.2 Å². The van der Waals surface area contributed by atoms with E-state index in [0.29, 0.717) is 17.9 Å². The van der Waals surface area contributed by atoms with Crippen molar-refractivity contribution >= 4 is 0 Å². The van der Waals surface area contributed by atoms with Crippen molar-refractivity contribution in [2.24, 2.45) is 0 Å². The van der Waals surface area contributed by atoms with Crippen molar-refractivity contribution in [1.82, 2.24) is 15.3 Å². The molecule has 21 heavy (non-hydrogen) atoms. The number of nitrogens with zero attached hydrogens (tertiary/aromatic N) is 2. The molecule has 1 fully saturated rings. The fourth-order valence-electron chi connectivity index (χ4n) is 2.25. The van der Waals surface area contributed by atoms with Gasteiger partial charge < -0.3 is 14.4 Å². The number of hydrogen-bond donors (Lipinski definition) is 1. The topological polar surface area (TPSA) is 37.0 Å². The molecule has 0 amide bonds. The molecule has 1 aromatic rings. The number of piperazine rings is 1. The highest BCUT2D eigenvalue weighted by molar-refractivity contribution is 5.46. The number of methoxy groups -OCH3 is 1. The molecule has 5 nitrogen and oxygen atoms in total. The van der Waals surface area contributed by atoms with Crippen LogP contribution in [0.4, 0.5) is 8.78 Å². The zero-order chi connectivity index (χ0) is 15.2. The normalized spacial score (nSPS) is 17.2. The lowest BCUT2D eigenvalue weighted by molar-refractivity contribution is -0.0520.